The van der Waals surface area contributed by atoms with E-state index in [-0.39, 0.29) is 6.29 Å². The maximum absolute atomic E-state index is 11.2. The first kappa shape index (κ1) is 12.1. The van der Waals surface area contributed by atoms with Gasteiger partial charge in [0.25, 0.3) is 0 Å². The zero-order valence-corrected chi connectivity index (χ0v) is 9.94. The van der Waals surface area contributed by atoms with Crippen molar-refractivity contribution < 1.29 is 42.6 Å². The SMILES string of the molecule is [2H]CC(=O)OC[C@@H](OC(=O)C[2H])[C@@H](OC(=O)C[2H])[C@@H](O)C=O. The van der Waals surface area contributed by atoms with Gasteiger partial charge in [-0.1, -0.05) is 0 Å². The molecule has 0 aromatic carbocycles. The average molecular weight is 279 g/mol. The summed E-state index contributed by atoms with van der Waals surface area (Å²) in [6, 6.07) is 0. The molecule has 0 amide bonds. The Hall–Kier alpha value is -1.96. The molecule has 0 saturated carbocycles. The predicted octanol–water partition coefficient (Wildman–Crippen LogP) is -1.03. The largest absolute Gasteiger partial charge is 0.462 e. The van der Waals surface area contributed by atoms with E-state index >= 15 is 0 Å². The van der Waals surface area contributed by atoms with Crippen molar-refractivity contribution in [3.05, 3.63) is 0 Å². The third kappa shape index (κ3) is 7.14. The minimum absolute atomic E-state index is 0.00966. The van der Waals surface area contributed by atoms with Crippen LogP contribution in [0.1, 0.15) is 24.8 Å². The van der Waals surface area contributed by atoms with Crippen molar-refractivity contribution in [3.63, 3.8) is 0 Å². The van der Waals surface area contributed by atoms with Gasteiger partial charge < -0.3 is 24.1 Å². The summed E-state index contributed by atoms with van der Waals surface area (Å²) in [5.74, 6) is -3.15. The maximum atomic E-state index is 11.2. The number of carbonyl (C=O) groups is 4. The van der Waals surface area contributed by atoms with Crippen LogP contribution >= 0.6 is 0 Å². The Balaban J connectivity index is 5.13. The molecular weight excluding hydrogens is 260 g/mol. The number of aldehydes is 1. The first-order chi connectivity index (χ1) is 10.4. The zero-order chi connectivity index (χ0) is 17.1. The van der Waals surface area contributed by atoms with Gasteiger partial charge in [-0.25, -0.2) is 0 Å². The summed E-state index contributed by atoms with van der Waals surface area (Å²) in [5, 5.41) is 9.52. The Morgan fingerprint density at radius 2 is 1.74 bits per heavy atom. The van der Waals surface area contributed by atoms with Crippen LogP contribution in [0.15, 0.2) is 0 Å². The van der Waals surface area contributed by atoms with E-state index in [1.165, 1.54) is 0 Å². The van der Waals surface area contributed by atoms with Gasteiger partial charge in [-0.05, 0) is 0 Å². The second-order valence-corrected chi connectivity index (χ2v) is 3.29. The highest BCUT2D eigenvalue weighted by atomic mass is 16.6. The van der Waals surface area contributed by atoms with E-state index < -0.39 is 63.5 Å². The molecule has 19 heavy (non-hydrogen) atoms. The summed E-state index contributed by atoms with van der Waals surface area (Å²) < 4.78 is 34.3. The Morgan fingerprint density at radius 1 is 1.16 bits per heavy atom. The summed E-state index contributed by atoms with van der Waals surface area (Å²) in [5.41, 5.74) is 0. The van der Waals surface area contributed by atoms with Crippen molar-refractivity contribution in [1.29, 1.82) is 0 Å². The molecule has 0 rings (SSSR count). The van der Waals surface area contributed by atoms with Crippen LogP contribution < -0.4 is 0 Å². The number of ether oxygens (including phenoxy) is 3. The van der Waals surface area contributed by atoms with Crippen LogP contribution in [-0.4, -0.2) is 54.2 Å². The van der Waals surface area contributed by atoms with Crippen LogP contribution in [0.25, 0.3) is 0 Å². The van der Waals surface area contributed by atoms with Crippen molar-refractivity contribution in [1.82, 2.24) is 0 Å². The minimum atomic E-state index is -1.89. The molecule has 0 saturated heterocycles. The monoisotopic (exact) mass is 279 g/mol. The molecule has 0 bridgehead atoms. The van der Waals surface area contributed by atoms with Gasteiger partial charge in [0, 0.05) is 24.8 Å². The van der Waals surface area contributed by atoms with Crippen molar-refractivity contribution in [2.75, 3.05) is 6.61 Å². The average Bonchev–Trinajstić information content (AvgIpc) is 2.54. The fourth-order valence-electron chi connectivity index (χ4n) is 1.13. The predicted molar refractivity (Wildman–Crippen MR) is 59.8 cm³/mol. The number of rotatable bonds is 7. The van der Waals surface area contributed by atoms with Crippen LogP contribution in [0, 0.1) is 0 Å². The van der Waals surface area contributed by atoms with Gasteiger partial charge in [-0.2, -0.15) is 0 Å². The normalized spacial score (nSPS) is 16.8. The third-order valence-electron chi connectivity index (χ3n) is 1.80. The standard InChI is InChI=1S/C11H16O8/c1-6(13)17-5-10(18-7(2)14)11(9(16)4-12)19-8(3)15/h4,9-11,16H,5H2,1-3H3/t9-,10+,11-/m0/s1/i1D,2D,3D. The van der Waals surface area contributed by atoms with E-state index in [1.54, 1.807) is 0 Å². The number of aliphatic hydroxyl groups is 1. The Bertz CT molecular complexity index is 403. The molecule has 0 aromatic rings. The van der Waals surface area contributed by atoms with E-state index in [0.717, 1.165) is 0 Å². The highest BCUT2D eigenvalue weighted by Gasteiger charge is 2.34. The van der Waals surface area contributed by atoms with E-state index in [2.05, 4.69) is 9.47 Å². The van der Waals surface area contributed by atoms with Gasteiger partial charge in [0.15, 0.2) is 18.5 Å². The van der Waals surface area contributed by atoms with Gasteiger partial charge in [0.05, 0.1) is 0 Å². The van der Waals surface area contributed by atoms with Crippen molar-refractivity contribution in [2.24, 2.45) is 0 Å². The highest BCUT2D eigenvalue weighted by molar-refractivity contribution is 5.69. The fourth-order valence-corrected chi connectivity index (χ4v) is 1.13. The third-order valence-corrected chi connectivity index (χ3v) is 1.80. The molecule has 0 spiro atoms. The molecule has 8 heteroatoms. The van der Waals surface area contributed by atoms with E-state index in [9.17, 15) is 24.3 Å². The minimum Gasteiger partial charge on any atom is -0.462 e. The molecule has 0 aliphatic carbocycles. The molecule has 0 heterocycles. The Kier molecular flexibility index (Phi) is 5.22. The van der Waals surface area contributed by atoms with Crippen molar-refractivity contribution >= 4 is 24.2 Å². The summed E-state index contributed by atoms with van der Waals surface area (Å²) in [7, 11) is 0. The maximum Gasteiger partial charge on any atom is 0.303 e. The zero-order valence-electron chi connectivity index (χ0n) is 12.9. The summed E-state index contributed by atoms with van der Waals surface area (Å²) in [6.07, 6.45) is -5.14. The molecule has 108 valence electrons. The van der Waals surface area contributed by atoms with Gasteiger partial charge in [0.1, 0.15) is 12.7 Å². The molecule has 1 N–H and O–H groups in total. The number of hydrogen-bond acceptors (Lipinski definition) is 8. The topological polar surface area (TPSA) is 116 Å². The first-order valence-corrected chi connectivity index (χ1v) is 4.95. The lowest BCUT2D eigenvalue weighted by molar-refractivity contribution is -0.181. The molecule has 0 unspecified atom stereocenters. The van der Waals surface area contributed by atoms with Crippen molar-refractivity contribution in [3.8, 4) is 0 Å². The van der Waals surface area contributed by atoms with Gasteiger partial charge in [0.2, 0.25) is 0 Å². The lowest BCUT2D eigenvalue weighted by Crippen LogP contribution is -2.46. The number of carbonyl (C=O) groups excluding carboxylic acids is 4. The van der Waals surface area contributed by atoms with Gasteiger partial charge in [-0.15, -0.1) is 0 Å². The second-order valence-electron chi connectivity index (χ2n) is 3.29. The summed E-state index contributed by atoms with van der Waals surface area (Å²) in [4.78, 5) is 43.9. The van der Waals surface area contributed by atoms with Crippen LogP contribution in [0.4, 0.5) is 0 Å². The molecular formula is C11H16O8. The molecule has 0 aromatic heterocycles. The molecule has 0 fully saturated rings. The number of hydrogen-bond donors (Lipinski definition) is 1. The lowest BCUT2D eigenvalue weighted by atomic mass is 10.1. The van der Waals surface area contributed by atoms with E-state index in [0.29, 0.717) is 0 Å². The number of esters is 3. The first-order valence-electron chi connectivity index (χ1n) is 7.07. The van der Waals surface area contributed by atoms with Gasteiger partial charge >= 0.3 is 17.9 Å². The molecule has 8 nitrogen and oxygen atoms in total. The molecule has 0 aliphatic rings. The smallest absolute Gasteiger partial charge is 0.303 e. The van der Waals surface area contributed by atoms with E-state index in [1.807, 2.05) is 0 Å². The summed E-state index contributed by atoms with van der Waals surface area (Å²) >= 11 is 0. The summed E-state index contributed by atoms with van der Waals surface area (Å²) in [6.45, 7) is -3.01. The second kappa shape index (κ2) is 8.20. The molecule has 0 aliphatic heterocycles. The van der Waals surface area contributed by atoms with Crippen LogP contribution in [-0.2, 0) is 33.4 Å². The quantitative estimate of drug-likeness (QED) is 0.357. The molecule has 0 radical (unpaired) electrons. The number of aliphatic hydroxyl groups excluding tert-OH is 1. The van der Waals surface area contributed by atoms with Crippen LogP contribution in [0.5, 0.6) is 0 Å². The van der Waals surface area contributed by atoms with Crippen LogP contribution in [0.2, 0.25) is 0 Å². The van der Waals surface area contributed by atoms with Crippen molar-refractivity contribution in [2.45, 2.75) is 39.0 Å². The van der Waals surface area contributed by atoms with E-state index in [4.69, 9.17) is 8.85 Å². The highest BCUT2D eigenvalue weighted by Crippen LogP contribution is 2.10. The van der Waals surface area contributed by atoms with Gasteiger partial charge in [-0.3, -0.25) is 14.4 Å². The lowest BCUT2D eigenvalue weighted by Gasteiger charge is -2.27. The Morgan fingerprint density at radius 3 is 2.26 bits per heavy atom. The fraction of sp³-hybridized carbons (Fsp3) is 0.636. The molecule has 3 atom stereocenters. The Labute approximate surface area is 113 Å². The van der Waals surface area contributed by atoms with Crippen LogP contribution in [0.3, 0.4) is 0 Å².